The number of morpholine rings is 1. The van der Waals surface area contributed by atoms with Crippen LogP contribution in [0.4, 0.5) is 16.8 Å². The summed E-state index contributed by atoms with van der Waals surface area (Å²) < 4.78 is 5.42. The van der Waals surface area contributed by atoms with Crippen molar-refractivity contribution in [1.82, 2.24) is 19.9 Å². The molecule has 8 nitrogen and oxygen atoms in total. The van der Waals surface area contributed by atoms with Gasteiger partial charge in [-0.1, -0.05) is 0 Å². The molecule has 0 aromatic carbocycles. The van der Waals surface area contributed by atoms with E-state index in [2.05, 4.69) is 35.7 Å². The topological polar surface area (TPSA) is 83.6 Å². The van der Waals surface area contributed by atoms with Crippen molar-refractivity contribution in [3.8, 4) is 0 Å². The first-order valence-electron chi connectivity index (χ1n) is 8.60. The van der Waals surface area contributed by atoms with Gasteiger partial charge in [0.1, 0.15) is 18.0 Å². The first kappa shape index (κ1) is 19.1. The first-order chi connectivity index (χ1) is 12.3. The van der Waals surface area contributed by atoms with E-state index in [1.54, 1.807) is 17.7 Å². The molecular weight excluding hydrogens is 374 g/mol. The molecule has 0 amide bonds. The van der Waals surface area contributed by atoms with E-state index in [1.165, 1.54) is 4.88 Å². The van der Waals surface area contributed by atoms with Crippen LogP contribution in [-0.4, -0.2) is 72.3 Å². The van der Waals surface area contributed by atoms with Crippen molar-refractivity contribution in [3.63, 3.8) is 0 Å². The summed E-state index contributed by atoms with van der Waals surface area (Å²) in [7, 11) is 0. The summed E-state index contributed by atoms with van der Waals surface area (Å²) in [5.41, 5.74) is 5.71. The van der Waals surface area contributed by atoms with E-state index in [-0.39, 0.29) is 12.4 Å². The van der Waals surface area contributed by atoms with E-state index < -0.39 is 0 Å². The fourth-order valence-corrected chi connectivity index (χ4v) is 3.95. The van der Waals surface area contributed by atoms with Gasteiger partial charge in [0, 0.05) is 63.0 Å². The van der Waals surface area contributed by atoms with Crippen LogP contribution in [0.15, 0.2) is 18.6 Å². The maximum absolute atomic E-state index is 5.71. The molecule has 2 aromatic rings. The van der Waals surface area contributed by atoms with Gasteiger partial charge in [-0.15, -0.1) is 23.7 Å². The largest absolute Gasteiger partial charge is 0.378 e. The third-order valence-corrected chi connectivity index (χ3v) is 5.43. The highest BCUT2D eigenvalue weighted by Crippen LogP contribution is 2.21. The molecule has 0 aliphatic carbocycles. The predicted molar refractivity (Wildman–Crippen MR) is 106 cm³/mol. The molecule has 0 saturated carbocycles. The lowest BCUT2D eigenvalue weighted by molar-refractivity contribution is 0.122. The lowest BCUT2D eigenvalue weighted by Gasteiger charge is -2.35. The monoisotopic (exact) mass is 397 g/mol. The molecule has 10 heteroatoms. The summed E-state index contributed by atoms with van der Waals surface area (Å²) in [4.78, 5) is 21.3. The van der Waals surface area contributed by atoms with Crippen LogP contribution in [0.2, 0.25) is 0 Å². The van der Waals surface area contributed by atoms with Crippen molar-refractivity contribution < 1.29 is 4.74 Å². The molecule has 4 rings (SSSR count). The second-order valence-corrected chi connectivity index (χ2v) is 7.41. The minimum absolute atomic E-state index is 0. The van der Waals surface area contributed by atoms with Gasteiger partial charge in [0.05, 0.1) is 13.2 Å². The summed E-state index contributed by atoms with van der Waals surface area (Å²) in [5, 5.41) is 0.644. The molecule has 2 aliphatic heterocycles. The minimum atomic E-state index is 0. The van der Waals surface area contributed by atoms with Gasteiger partial charge in [-0.25, -0.2) is 15.0 Å². The predicted octanol–water partition coefficient (Wildman–Crippen LogP) is 1.10. The summed E-state index contributed by atoms with van der Waals surface area (Å²) in [6.45, 7) is 8.18. The van der Waals surface area contributed by atoms with Crippen molar-refractivity contribution in [1.29, 1.82) is 0 Å². The van der Waals surface area contributed by atoms with Gasteiger partial charge in [0.2, 0.25) is 0 Å². The third-order valence-electron chi connectivity index (χ3n) is 4.62. The molecule has 26 heavy (non-hydrogen) atoms. The van der Waals surface area contributed by atoms with E-state index in [0.717, 1.165) is 70.7 Å². The zero-order valence-corrected chi connectivity index (χ0v) is 16.2. The highest BCUT2D eigenvalue weighted by Gasteiger charge is 2.20. The van der Waals surface area contributed by atoms with Crippen molar-refractivity contribution >= 4 is 40.5 Å². The Morgan fingerprint density at radius 3 is 2.23 bits per heavy atom. The Labute approximate surface area is 163 Å². The second-order valence-electron chi connectivity index (χ2n) is 6.26. The van der Waals surface area contributed by atoms with Crippen LogP contribution < -0.4 is 15.5 Å². The SMILES string of the molecule is Cl.Nc1ncc(CN2CCN(c3cc(N4CCOCC4)ncn3)CC2)s1. The van der Waals surface area contributed by atoms with Crippen LogP contribution in [0.5, 0.6) is 0 Å². The highest BCUT2D eigenvalue weighted by atomic mass is 35.5. The molecule has 0 spiro atoms. The molecule has 2 aromatic heterocycles. The van der Waals surface area contributed by atoms with E-state index in [4.69, 9.17) is 10.5 Å². The maximum atomic E-state index is 5.71. The number of aromatic nitrogens is 3. The van der Waals surface area contributed by atoms with E-state index >= 15 is 0 Å². The van der Waals surface area contributed by atoms with Gasteiger partial charge in [0.25, 0.3) is 0 Å². The molecule has 0 radical (unpaired) electrons. The quantitative estimate of drug-likeness (QED) is 0.821. The lowest BCUT2D eigenvalue weighted by atomic mass is 10.3. The van der Waals surface area contributed by atoms with E-state index in [9.17, 15) is 0 Å². The number of nitrogen functional groups attached to an aromatic ring is 1. The number of piperazine rings is 1. The van der Waals surface area contributed by atoms with Crippen LogP contribution in [0.3, 0.4) is 0 Å². The lowest BCUT2D eigenvalue weighted by Crippen LogP contribution is -2.46. The molecule has 0 bridgehead atoms. The number of ether oxygens (including phenoxy) is 1. The molecule has 4 heterocycles. The average molecular weight is 398 g/mol. The molecule has 2 N–H and O–H groups in total. The Hall–Kier alpha value is -1.68. The highest BCUT2D eigenvalue weighted by molar-refractivity contribution is 7.15. The molecule has 142 valence electrons. The van der Waals surface area contributed by atoms with Crippen molar-refractivity contribution in [2.75, 3.05) is 68.0 Å². The fraction of sp³-hybridized carbons (Fsp3) is 0.562. The van der Waals surface area contributed by atoms with Gasteiger partial charge in [-0.05, 0) is 0 Å². The third kappa shape index (κ3) is 4.53. The Kier molecular flexibility index (Phi) is 6.47. The minimum Gasteiger partial charge on any atom is -0.378 e. The summed E-state index contributed by atoms with van der Waals surface area (Å²) in [6.07, 6.45) is 3.55. The van der Waals surface area contributed by atoms with Gasteiger partial charge in [0.15, 0.2) is 5.13 Å². The number of rotatable bonds is 4. The maximum Gasteiger partial charge on any atom is 0.180 e. The molecule has 0 atom stereocenters. The van der Waals surface area contributed by atoms with Gasteiger partial charge in [-0.3, -0.25) is 4.90 Å². The van der Waals surface area contributed by atoms with E-state index in [1.807, 2.05) is 6.20 Å². The van der Waals surface area contributed by atoms with Crippen LogP contribution in [0.1, 0.15) is 4.88 Å². The normalized spacial score (nSPS) is 18.6. The smallest absolute Gasteiger partial charge is 0.180 e. The fourth-order valence-electron chi connectivity index (χ4n) is 3.23. The Morgan fingerprint density at radius 1 is 0.962 bits per heavy atom. The Bertz CT molecular complexity index is 701. The molecule has 2 saturated heterocycles. The van der Waals surface area contributed by atoms with Gasteiger partial charge < -0.3 is 20.3 Å². The average Bonchev–Trinajstić information content (AvgIpc) is 3.08. The molecular formula is C16H24ClN7OS. The zero-order chi connectivity index (χ0) is 17.1. The number of nitrogens with zero attached hydrogens (tertiary/aromatic N) is 6. The van der Waals surface area contributed by atoms with Crippen molar-refractivity contribution in [2.24, 2.45) is 0 Å². The Balaban J connectivity index is 0.00000196. The number of halogens is 1. The molecule has 2 fully saturated rings. The molecule has 2 aliphatic rings. The van der Waals surface area contributed by atoms with Crippen molar-refractivity contribution in [2.45, 2.75) is 6.54 Å². The summed E-state index contributed by atoms with van der Waals surface area (Å²) >= 11 is 1.57. The second kappa shape index (κ2) is 8.81. The zero-order valence-electron chi connectivity index (χ0n) is 14.6. The number of thiazole rings is 1. The standard InChI is InChI=1S/C16H23N7OS.ClH/c17-16-18-10-13(25-16)11-21-1-3-22(4-2-21)14-9-15(20-12-19-14)23-5-7-24-8-6-23;/h9-10,12H,1-8,11H2,(H2,17,18);1H. The van der Waals surface area contributed by atoms with Crippen LogP contribution in [0.25, 0.3) is 0 Å². The number of hydrogen-bond acceptors (Lipinski definition) is 9. The number of hydrogen-bond donors (Lipinski definition) is 1. The Morgan fingerprint density at radius 2 is 1.62 bits per heavy atom. The van der Waals surface area contributed by atoms with Gasteiger partial charge >= 0.3 is 0 Å². The van der Waals surface area contributed by atoms with Gasteiger partial charge in [-0.2, -0.15) is 0 Å². The molecule has 0 unspecified atom stereocenters. The van der Waals surface area contributed by atoms with Crippen LogP contribution in [0, 0.1) is 0 Å². The van der Waals surface area contributed by atoms with E-state index in [0.29, 0.717) is 5.13 Å². The summed E-state index contributed by atoms with van der Waals surface area (Å²) in [6, 6.07) is 2.10. The number of anilines is 3. The number of nitrogens with two attached hydrogens (primary N) is 1. The first-order valence-corrected chi connectivity index (χ1v) is 9.42. The summed E-state index contributed by atoms with van der Waals surface area (Å²) in [5.74, 6) is 2.01. The van der Waals surface area contributed by atoms with Crippen LogP contribution >= 0.6 is 23.7 Å². The van der Waals surface area contributed by atoms with Crippen LogP contribution in [-0.2, 0) is 11.3 Å². The van der Waals surface area contributed by atoms with Crippen molar-refractivity contribution in [3.05, 3.63) is 23.5 Å².